The van der Waals surface area contributed by atoms with Gasteiger partial charge in [-0.05, 0) is 26.2 Å². The Hall–Kier alpha value is -1.36. The first-order chi connectivity index (χ1) is 7.72. The van der Waals surface area contributed by atoms with Gasteiger partial charge in [0.05, 0.1) is 12.7 Å². The van der Waals surface area contributed by atoms with E-state index in [-0.39, 0.29) is 6.04 Å². The van der Waals surface area contributed by atoms with Crippen molar-refractivity contribution in [3.8, 4) is 5.88 Å². The molecule has 1 aliphatic carbocycles. The van der Waals surface area contributed by atoms with Gasteiger partial charge in [0.25, 0.3) is 0 Å². The molecule has 88 valence electrons. The van der Waals surface area contributed by atoms with Gasteiger partial charge in [0, 0.05) is 12.1 Å². The Bertz CT molecular complexity index is 369. The lowest BCUT2D eigenvalue weighted by molar-refractivity contribution is 0.393. The fraction of sp³-hybridized carbons (Fsp3) is 0.636. The Labute approximate surface area is 95.4 Å². The molecule has 0 spiro atoms. The highest BCUT2D eigenvalue weighted by Gasteiger charge is 2.24. The molecular formula is C11H18N4O. The standard InChI is InChI=1S/C11H18N4O/c1-7-10(13-6-14-11(7)16-2)15-9-5-3-4-8(9)12/h6,8-9H,3-5,12H2,1-2H3,(H,13,14,15). The zero-order valence-corrected chi connectivity index (χ0v) is 9.73. The predicted octanol–water partition coefficient (Wildman–Crippen LogP) is 1.09. The third-order valence-electron chi connectivity index (χ3n) is 3.12. The van der Waals surface area contributed by atoms with E-state index in [2.05, 4.69) is 15.3 Å². The number of nitrogens with one attached hydrogen (secondary N) is 1. The van der Waals surface area contributed by atoms with Crippen LogP contribution in [0.15, 0.2) is 6.33 Å². The highest BCUT2D eigenvalue weighted by Crippen LogP contribution is 2.25. The normalized spacial score (nSPS) is 24.4. The molecule has 0 bridgehead atoms. The van der Waals surface area contributed by atoms with Crippen LogP contribution in [0.2, 0.25) is 0 Å². The number of ether oxygens (including phenoxy) is 1. The summed E-state index contributed by atoms with van der Waals surface area (Å²) >= 11 is 0. The molecule has 2 unspecified atom stereocenters. The van der Waals surface area contributed by atoms with Crippen LogP contribution in [0, 0.1) is 6.92 Å². The first-order valence-electron chi connectivity index (χ1n) is 5.60. The molecule has 5 heteroatoms. The van der Waals surface area contributed by atoms with E-state index in [9.17, 15) is 0 Å². The topological polar surface area (TPSA) is 73.1 Å². The first-order valence-corrected chi connectivity index (χ1v) is 5.60. The Morgan fingerprint density at radius 1 is 1.44 bits per heavy atom. The second-order valence-corrected chi connectivity index (χ2v) is 4.20. The highest BCUT2D eigenvalue weighted by molar-refractivity contribution is 5.48. The van der Waals surface area contributed by atoms with Gasteiger partial charge in [-0.2, -0.15) is 0 Å². The van der Waals surface area contributed by atoms with Crippen LogP contribution in [0.1, 0.15) is 24.8 Å². The SMILES string of the molecule is COc1ncnc(NC2CCCC2N)c1C. The zero-order valence-electron chi connectivity index (χ0n) is 9.73. The fourth-order valence-corrected chi connectivity index (χ4v) is 2.13. The maximum absolute atomic E-state index is 6.01. The van der Waals surface area contributed by atoms with Crippen molar-refractivity contribution < 1.29 is 4.74 Å². The number of aromatic nitrogens is 2. The van der Waals surface area contributed by atoms with Gasteiger partial charge in [-0.25, -0.2) is 9.97 Å². The molecule has 16 heavy (non-hydrogen) atoms. The van der Waals surface area contributed by atoms with Gasteiger partial charge >= 0.3 is 0 Å². The second kappa shape index (κ2) is 4.65. The van der Waals surface area contributed by atoms with E-state index in [4.69, 9.17) is 10.5 Å². The first kappa shape index (κ1) is 11.1. The van der Waals surface area contributed by atoms with Gasteiger partial charge < -0.3 is 15.8 Å². The van der Waals surface area contributed by atoms with Gasteiger partial charge in [-0.15, -0.1) is 0 Å². The van der Waals surface area contributed by atoms with Crippen molar-refractivity contribution in [3.63, 3.8) is 0 Å². The highest BCUT2D eigenvalue weighted by atomic mass is 16.5. The van der Waals surface area contributed by atoms with Gasteiger partial charge in [-0.3, -0.25) is 0 Å². The minimum absolute atomic E-state index is 0.223. The van der Waals surface area contributed by atoms with E-state index in [0.717, 1.165) is 24.2 Å². The van der Waals surface area contributed by atoms with Crippen LogP contribution in [0.5, 0.6) is 5.88 Å². The van der Waals surface area contributed by atoms with Gasteiger partial charge in [0.15, 0.2) is 0 Å². The van der Waals surface area contributed by atoms with Crippen molar-refractivity contribution in [3.05, 3.63) is 11.9 Å². The summed E-state index contributed by atoms with van der Waals surface area (Å²) in [5.41, 5.74) is 6.94. The molecule has 0 amide bonds. The minimum Gasteiger partial charge on any atom is -0.481 e. The summed E-state index contributed by atoms with van der Waals surface area (Å²) in [7, 11) is 1.61. The van der Waals surface area contributed by atoms with E-state index in [1.165, 1.54) is 12.7 Å². The lowest BCUT2D eigenvalue weighted by Crippen LogP contribution is -2.35. The van der Waals surface area contributed by atoms with Crippen LogP contribution >= 0.6 is 0 Å². The van der Waals surface area contributed by atoms with Gasteiger partial charge in [0.2, 0.25) is 5.88 Å². The summed E-state index contributed by atoms with van der Waals surface area (Å²) in [6, 6.07) is 0.540. The molecule has 5 nitrogen and oxygen atoms in total. The number of nitrogens with zero attached hydrogens (tertiary/aromatic N) is 2. The summed E-state index contributed by atoms with van der Waals surface area (Å²) in [6.07, 6.45) is 4.88. The summed E-state index contributed by atoms with van der Waals surface area (Å²) in [5, 5.41) is 3.38. The average Bonchev–Trinajstić information content (AvgIpc) is 2.68. The molecule has 1 saturated carbocycles. The Balaban J connectivity index is 2.14. The third-order valence-corrected chi connectivity index (χ3v) is 3.12. The average molecular weight is 222 g/mol. The molecule has 2 atom stereocenters. The van der Waals surface area contributed by atoms with E-state index < -0.39 is 0 Å². The minimum atomic E-state index is 0.223. The van der Waals surface area contributed by atoms with Crippen molar-refractivity contribution in [2.45, 2.75) is 38.3 Å². The molecular weight excluding hydrogens is 204 g/mol. The number of anilines is 1. The molecule has 1 aliphatic rings. The van der Waals surface area contributed by atoms with Crippen molar-refractivity contribution in [1.82, 2.24) is 9.97 Å². The van der Waals surface area contributed by atoms with Crippen molar-refractivity contribution in [1.29, 1.82) is 0 Å². The van der Waals surface area contributed by atoms with Gasteiger partial charge in [0.1, 0.15) is 12.1 Å². The number of nitrogens with two attached hydrogens (primary N) is 1. The largest absolute Gasteiger partial charge is 0.481 e. The van der Waals surface area contributed by atoms with Crippen LogP contribution in [-0.4, -0.2) is 29.2 Å². The maximum Gasteiger partial charge on any atom is 0.221 e. The van der Waals surface area contributed by atoms with Crippen LogP contribution in [0.4, 0.5) is 5.82 Å². The van der Waals surface area contributed by atoms with E-state index >= 15 is 0 Å². The summed E-state index contributed by atoms with van der Waals surface area (Å²) in [6.45, 7) is 1.95. The Kier molecular flexibility index (Phi) is 3.24. The van der Waals surface area contributed by atoms with Gasteiger partial charge in [-0.1, -0.05) is 0 Å². The van der Waals surface area contributed by atoms with E-state index in [1.807, 2.05) is 6.92 Å². The lowest BCUT2D eigenvalue weighted by atomic mass is 10.2. The smallest absolute Gasteiger partial charge is 0.221 e. The summed E-state index contributed by atoms with van der Waals surface area (Å²) in [4.78, 5) is 8.27. The summed E-state index contributed by atoms with van der Waals surface area (Å²) in [5.74, 6) is 1.44. The molecule has 1 aromatic rings. The Morgan fingerprint density at radius 2 is 2.25 bits per heavy atom. The third kappa shape index (κ3) is 2.09. The molecule has 2 rings (SSSR count). The monoisotopic (exact) mass is 222 g/mol. The van der Waals surface area contributed by atoms with Crippen LogP contribution in [0.25, 0.3) is 0 Å². The molecule has 1 fully saturated rings. The van der Waals surface area contributed by atoms with Crippen LogP contribution in [0.3, 0.4) is 0 Å². The van der Waals surface area contributed by atoms with Crippen molar-refractivity contribution in [2.75, 3.05) is 12.4 Å². The second-order valence-electron chi connectivity index (χ2n) is 4.20. The Morgan fingerprint density at radius 3 is 2.88 bits per heavy atom. The molecule has 0 radical (unpaired) electrons. The fourth-order valence-electron chi connectivity index (χ4n) is 2.13. The maximum atomic E-state index is 6.01. The van der Waals surface area contributed by atoms with Crippen LogP contribution in [-0.2, 0) is 0 Å². The molecule has 0 aromatic carbocycles. The number of hydrogen-bond donors (Lipinski definition) is 2. The predicted molar refractivity (Wildman–Crippen MR) is 62.6 cm³/mol. The van der Waals surface area contributed by atoms with E-state index in [0.29, 0.717) is 11.9 Å². The quantitative estimate of drug-likeness (QED) is 0.800. The van der Waals surface area contributed by atoms with E-state index in [1.54, 1.807) is 7.11 Å². The van der Waals surface area contributed by atoms with Crippen molar-refractivity contribution >= 4 is 5.82 Å². The number of hydrogen-bond acceptors (Lipinski definition) is 5. The molecule has 1 aromatic heterocycles. The zero-order chi connectivity index (χ0) is 11.5. The number of rotatable bonds is 3. The lowest BCUT2D eigenvalue weighted by Gasteiger charge is -2.19. The van der Waals surface area contributed by atoms with Crippen LogP contribution < -0.4 is 15.8 Å². The summed E-state index contributed by atoms with van der Waals surface area (Å²) < 4.78 is 5.15. The molecule has 0 aliphatic heterocycles. The molecule has 0 saturated heterocycles. The van der Waals surface area contributed by atoms with Crippen molar-refractivity contribution in [2.24, 2.45) is 5.73 Å². The number of methoxy groups -OCH3 is 1. The molecule has 3 N–H and O–H groups in total. The molecule has 1 heterocycles.